The van der Waals surface area contributed by atoms with E-state index in [4.69, 9.17) is 4.74 Å². The van der Waals surface area contributed by atoms with Crippen LogP contribution in [0.4, 0.5) is 0 Å². The molecule has 0 amide bonds. The van der Waals surface area contributed by atoms with Crippen LogP contribution in [-0.4, -0.2) is 34.9 Å². The summed E-state index contributed by atoms with van der Waals surface area (Å²) >= 11 is 0. The minimum absolute atomic E-state index is 0.00747. The minimum Gasteiger partial charge on any atom is -0.461 e. The van der Waals surface area contributed by atoms with Crippen molar-refractivity contribution < 1.29 is 24.2 Å². The van der Waals surface area contributed by atoms with E-state index in [1.165, 1.54) is 6.92 Å². The molecular formula is C22H30O5. The lowest BCUT2D eigenvalue weighted by atomic mass is 9.39. The van der Waals surface area contributed by atoms with E-state index in [0.717, 1.165) is 19.3 Å². The molecule has 4 saturated carbocycles. The van der Waals surface area contributed by atoms with Crippen LogP contribution in [0.3, 0.4) is 0 Å². The zero-order valence-corrected chi connectivity index (χ0v) is 16.7. The maximum atomic E-state index is 13.5. The van der Waals surface area contributed by atoms with Crippen molar-refractivity contribution in [2.75, 3.05) is 0 Å². The third-order valence-corrected chi connectivity index (χ3v) is 8.69. The summed E-state index contributed by atoms with van der Waals surface area (Å²) in [4.78, 5) is 37.9. The van der Waals surface area contributed by atoms with Crippen molar-refractivity contribution in [1.82, 2.24) is 0 Å². The van der Waals surface area contributed by atoms with E-state index < -0.39 is 29.0 Å². The normalized spacial score (nSPS) is 48.0. The fourth-order valence-corrected chi connectivity index (χ4v) is 7.46. The molecule has 5 nitrogen and oxygen atoms in total. The Morgan fingerprint density at radius 1 is 1.19 bits per heavy atom. The quantitative estimate of drug-likeness (QED) is 0.564. The Bertz CT molecular complexity index is 752. The number of carbonyl (C=O) groups is 3. The molecule has 4 aliphatic rings. The molecule has 0 aromatic rings. The van der Waals surface area contributed by atoms with Gasteiger partial charge in [0.1, 0.15) is 11.9 Å². The topological polar surface area (TPSA) is 80.7 Å². The molecule has 1 spiro atoms. The first-order valence-electron chi connectivity index (χ1n) is 10.1. The number of ketones is 2. The van der Waals surface area contributed by atoms with Gasteiger partial charge in [0.05, 0.1) is 11.5 Å². The molecule has 148 valence electrons. The summed E-state index contributed by atoms with van der Waals surface area (Å²) in [5.74, 6) is -0.619. The van der Waals surface area contributed by atoms with Crippen LogP contribution in [-0.2, 0) is 19.1 Å². The monoisotopic (exact) mass is 374 g/mol. The van der Waals surface area contributed by atoms with Gasteiger partial charge >= 0.3 is 5.97 Å². The SMILES string of the molecule is C=C1C(=O)[C@@]23[C@H](O)C[C@@H]4C(C)(C)C(=O)CC[C@@]4(C)[C@@H]2CC[C@@H]1[C@H]3OC(C)=O. The van der Waals surface area contributed by atoms with Crippen LogP contribution in [0, 0.1) is 34.0 Å². The molecule has 0 saturated heterocycles. The molecular weight excluding hydrogens is 344 g/mol. The number of esters is 1. The first kappa shape index (κ1) is 18.9. The van der Waals surface area contributed by atoms with Crippen LogP contribution < -0.4 is 0 Å². The van der Waals surface area contributed by atoms with Gasteiger partial charge in [-0.2, -0.15) is 0 Å². The van der Waals surface area contributed by atoms with Crippen molar-refractivity contribution in [2.24, 2.45) is 34.0 Å². The zero-order valence-electron chi connectivity index (χ0n) is 16.7. The molecule has 27 heavy (non-hydrogen) atoms. The number of Topliss-reactive ketones (excluding diaryl/α,β-unsaturated/α-hetero) is 2. The largest absolute Gasteiger partial charge is 0.461 e. The van der Waals surface area contributed by atoms with Gasteiger partial charge < -0.3 is 9.84 Å². The second-order valence-electron chi connectivity index (χ2n) is 10.0. The standard InChI is InChI=1S/C22H30O5/c1-11-13-6-7-14-21(5)9-8-16(24)20(3,4)15(21)10-17(25)22(14,18(11)26)19(13)27-12(2)23/h13-15,17,19,25H,1,6-10H2,2-5H3/t13-,14-,15+,17+,19+,21-,22-/m0/s1. The van der Waals surface area contributed by atoms with Gasteiger partial charge in [-0.05, 0) is 48.5 Å². The number of aliphatic hydroxyl groups is 1. The summed E-state index contributed by atoms with van der Waals surface area (Å²) < 4.78 is 5.70. The van der Waals surface area contributed by atoms with Crippen LogP contribution >= 0.6 is 0 Å². The summed E-state index contributed by atoms with van der Waals surface area (Å²) in [6.07, 6.45) is 1.57. The lowest BCUT2D eigenvalue weighted by Crippen LogP contribution is -2.68. The molecule has 0 unspecified atom stereocenters. The van der Waals surface area contributed by atoms with E-state index in [1.54, 1.807) is 0 Å². The number of fused-ring (bicyclic) bond motifs is 3. The highest BCUT2D eigenvalue weighted by molar-refractivity contribution is 6.05. The van der Waals surface area contributed by atoms with Gasteiger partial charge in [0, 0.05) is 24.7 Å². The van der Waals surface area contributed by atoms with Gasteiger partial charge in [-0.25, -0.2) is 0 Å². The fraction of sp³-hybridized carbons (Fsp3) is 0.773. The smallest absolute Gasteiger partial charge is 0.302 e. The Balaban J connectivity index is 1.88. The van der Waals surface area contributed by atoms with Gasteiger partial charge in [0.15, 0.2) is 5.78 Å². The Morgan fingerprint density at radius 3 is 2.48 bits per heavy atom. The van der Waals surface area contributed by atoms with E-state index in [1.807, 2.05) is 13.8 Å². The number of carbonyl (C=O) groups excluding carboxylic acids is 3. The Morgan fingerprint density at radius 2 is 1.85 bits per heavy atom. The zero-order chi connectivity index (χ0) is 19.9. The molecule has 0 radical (unpaired) electrons. The summed E-state index contributed by atoms with van der Waals surface area (Å²) in [5, 5.41) is 11.4. The molecule has 4 rings (SSSR count). The first-order chi connectivity index (χ1) is 12.5. The Hall–Kier alpha value is -1.49. The number of hydrogen-bond acceptors (Lipinski definition) is 5. The van der Waals surface area contributed by atoms with Crippen molar-refractivity contribution in [2.45, 2.75) is 72.0 Å². The van der Waals surface area contributed by atoms with E-state index in [-0.39, 0.29) is 34.7 Å². The van der Waals surface area contributed by atoms with Gasteiger partial charge in [-0.1, -0.05) is 27.4 Å². The predicted molar refractivity (Wildman–Crippen MR) is 98.6 cm³/mol. The third kappa shape index (κ3) is 2.07. The maximum absolute atomic E-state index is 13.5. The maximum Gasteiger partial charge on any atom is 0.302 e. The molecule has 0 heterocycles. The first-order valence-corrected chi connectivity index (χ1v) is 10.1. The van der Waals surface area contributed by atoms with Crippen molar-refractivity contribution in [3.63, 3.8) is 0 Å². The van der Waals surface area contributed by atoms with Crippen molar-refractivity contribution in [3.8, 4) is 0 Å². The number of ether oxygens (including phenoxy) is 1. The molecule has 0 aliphatic heterocycles. The van der Waals surface area contributed by atoms with Crippen molar-refractivity contribution in [3.05, 3.63) is 12.2 Å². The summed E-state index contributed by atoms with van der Waals surface area (Å²) in [5.41, 5.74) is -1.38. The van der Waals surface area contributed by atoms with Crippen molar-refractivity contribution in [1.29, 1.82) is 0 Å². The molecule has 2 bridgehead atoms. The van der Waals surface area contributed by atoms with Gasteiger partial charge in [0.25, 0.3) is 0 Å². The molecule has 1 N–H and O–H groups in total. The van der Waals surface area contributed by atoms with E-state index in [2.05, 4.69) is 13.5 Å². The lowest BCUT2D eigenvalue weighted by Gasteiger charge is -2.64. The number of hydrogen-bond donors (Lipinski definition) is 1. The van der Waals surface area contributed by atoms with Crippen LogP contribution in [0.1, 0.15) is 59.8 Å². The average molecular weight is 374 g/mol. The molecule has 0 aromatic heterocycles. The van der Waals surface area contributed by atoms with Gasteiger partial charge in [-0.3, -0.25) is 14.4 Å². The van der Waals surface area contributed by atoms with E-state index >= 15 is 0 Å². The molecule has 4 aliphatic carbocycles. The summed E-state index contributed by atoms with van der Waals surface area (Å²) in [7, 11) is 0. The predicted octanol–water partition coefficient (Wildman–Crippen LogP) is 2.85. The number of rotatable bonds is 1. The summed E-state index contributed by atoms with van der Waals surface area (Å²) in [6, 6.07) is 0. The van der Waals surface area contributed by atoms with Crippen LogP contribution in [0.25, 0.3) is 0 Å². The summed E-state index contributed by atoms with van der Waals surface area (Å²) in [6.45, 7) is 11.5. The molecule has 4 fully saturated rings. The highest BCUT2D eigenvalue weighted by Gasteiger charge is 2.75. The van der Waals surface area contributed by atoms with Gasteiger partial charge in [0.2, 0.25) is 0 Å². The van der Waals surface area contributed by atoms with Crippen molar-refractivity contribution >= 4 is 17.5 Å². The second kappa shape index (κ2) is 5.53. The highest BCUT2D eigenvalue weighted by Crippen LogP contribution is 2.71. The fourth-order valence-electron chi connectivity index (χ4n) is 7.46. The Kier molecular flexibility index (Phi) is 3.86. The lowest BCUT2D eigenvalue weighted by molar-refractivity contribution is -0.229. The van der Waals surface area contributed by atoms with Crippen LogP contribution in [0.15, 0.2) is 12.2 Å². The third-order valence-electron chi connectivity index (χ3n) is 8.69. The van der Waals surface area contributed by atoms with E-state index in [9.17, 15) is 19.5 Å². The Labute approximate surface area is 160 Å². The highest BCUT2D eigenvalue weighted by atomic mass is 16.5. The molecule has 7 atom stereocenters. The van der Waals surface area contributed by atoms with Crippen LogP contribution in [0.5, 0.6) is 0 Å². The average Bonchev–Trinajstić information content (AvgIpc) is 2.70. The minimum atomic E-state index is -1.10. The van der Waals surface area contributed by atoms with E-state index in [0.29, 0.717) is 18.4 Å². The number of aliphatic hydroxyl groups excluding tert-OH is 1. The van der Waals surface area contributed by atoms with Gasteiger partial charge in [-0.15, -0.1) is 0 Å². The molecule has 5 heteroatoms. The second-order valence-corrected chi connectivity index (χ2v) is 10.0. The van der Waals surface area contributed by atoms with Crippen LogP contribution in [0.2, 0.25) is 0 Å². The molecule has 0 aromatic carbocycles.